The second kappa shape index (κ2) is 18.5. The highest BCUT2D eigenvalue weighted by Gasteiger charge is 2.39. The topological polar surface area (TPSA) is 115 Å². The Bertz CT molecular complexity index is 1310. The van der Waals surface area contributed by atoms with E-state index in [1.54, 1.807) is 14.2 Å². The number of carbonyl (C=O) groups excluding carboxylic acids is 2. The Morgan fingerprint density at radius 2 is 1.33 bits per heavy atom. The molecule has 9 nitrogen and oxygen atoms in total. The maximum Gasteiger partial charge on any atom is 0.348 e. The first kappa shape index (κ1) is 36.0. The van der Waals surface area contributed by atoms with Gasteiger partial charge in [-0.2, -0.15) is 0 Å². The van der Waals surface area contributed by atoms with E-state index >= 15 is 0 Å². The van der Waals surface area contributed by atoms with E-state index in [1.807, 2.05) is 106 Å². The Morgan fingerprint density at radius 1 is 0.778 bits per heavy atom. The molecule has 3 aromatic carbocycles. The predicted molar refractivity (Wildman–Crippen MR) is 178 cm³/mol. The third kappa shape index (κ3) is 11.7. The van der Waals surface area contributed by atoms with Crippen LogP contribution in [-0.4, -0.2) is 43.8 Å². The lowest BCUT2D eigenvalue weighted by Crippen LogP contribution is -2.55. The maximum atomic E-state index is 14.7. The Labute approximate surface area is 268 Å². The summed E-state index contributed by atoms with van der Waals surface area (Å²) >= 11 is 0. The number of ether oxygens (including phenoxy) is 1. The number of hydrogen-bond donors (Lipinski definition) is 3. The molecule has 0 radical (unpaired) electrons. The second-order valence-corrected chi connectivity index (χ2v) is 13.7. The van der Waals surface area contributed by atoms with Gasteiger partial charge in [0, 0.05) is 13.5 Å². The van der Waals surface area contributed by atoms with Gasteiger partial charge in [-0.3, -0.25) is 19.5 Å². The zero-order chi connectivity index (χ0) is 32.7. The van der Waals surface area contributed by atoms with Gasteiger partial charge in [0.1, 0.15) is 17.6 Å². The van der Waals surface area contributed by atoms with Crippen molar-refractivity contribution < 1.29 is 27.9 Å². The third-order valence-corrected chi connectivity index (χ3v) is 9.50. The lowest BCUT2D eigenvalue weighted by atomic mass is 10.0. The fraction of sp³-hybridized carbons (Fsp3) is 0.429. The van der Waals surface area contributed by atoms with E-state index in [2.05, 4.69) is 16.0 Å². The van der Waals surface area contributed by atoms with Crippen LogP contribution in [0.1, 0.15) is 56.7 Å². The summed E-state index contributed by atoms with van der Waals surface area (Å²) in [7, 11) is -0.683. The number of amides is 2. The quantitative estimate of drug-likeness (QED) is 0.134. The van der Waals surface area contributed by atoms with Crippen LogP contribution in [-0.2, 0) is 42.8 Å². The second-order valence-electron chi connectivity index (χ2n) is 11.4. The van der Waals surface area contributed by atoms with Crippen molar-refractivity contribution >= 4 is 19.4 Å². The summed E-state index contributed by atoms with van der Waals surface area (Å²) in [4.78, 5) is 26.8. The number of benzene rings is 3. The highest BCUT2D eigenvalue weighted by atomic mass is 31.2. The van der Waals surface area contributed by atoms with Gasteiger partial charge in [0.05, 0.1) is 26.4 Å². The average Bonchev–Trinajstić information content (AvgIpc) is 3.06. The zero-order valence-corrected chi connectivity index (χ0v) is 27.9. The highest BCUT2D eigenvalue weighted by Crippen LogP contribution is 2.55. The molecule has 0 aliphatic carbocycles. The molecule has 3 rings (SSSR count). The summed E-state index contributed by atoms with van der Waals surface area (Å²) in [6.07, 6.45) is 1.88. The molecule has 0 bridgehead atoms. The van der Waals surface area contributed by atoms with Crippen LogP contribution in [0.25, 0.3) is 0 Å². The van der Waals surface area contributed by atoms with E-state index < -0.39 is 25.5 Å². The van der Waals surface area contributed by atoms with Gasteiger partial charge in [0.15, 0.2) is 0 Å². The summed E-state index contributed by atoms with van der Waals surface area (Å²) < 4.78 is 32.2. The van der Waals surface area contributed by atoms with Crippen LogP contribution in [0.15, 0.2) is 84.9 Å². The zero-order valence-electron chi connectivity index (χ0n) is 27.0. The maximum absolute atomic E-state index is 14.7. The van der Waals surface area contributed by atoms with Crippen molar-refractivity contribution in [3.63, 3.8) is 0 Å². The van der Waals surface area contributed by atoms with Crippen molar-refractivity contribution in [2.75, 3.05) is 14.2 Å². The van der Waals surface area contributed by atoms with Gasteiger partial charge >= 0.3 is 7.60 Å². The molecule has 3 N–H and O–H groups in total. The van der Waals surface area contributed by atoms with Crippen LogP contribution < -0.4 is 20.7 Å². The molecule has 3 atom stereocenters. The molecule has 0 aliphatic rings. The van der Waals surface area contributed by atoms with Crippen molar-refractivity contribution in [1.29, 1.82) is 0 Å². The Kier molecular flexibility index (Phi) is 14.8. The van der Waals surface area contributed by atoms with Crippen LogP contribution in [0, 0.1) is 5.92 Å². The number of likely N-dealkylation sites (N-methyl/N-ethyl adjacent to an activating group) is 1. The van der Waals surface area contributed by atoms with E-state index in [1.165, 1.54) is 0 Å². The van der Waals surface area contributed by atoms with Crippen molar-refractivity contribution in [2.24, 2.45) is 5.92 Å². The summed E-state index contributed by atoms with van der Waals surface area (Å²) in [5.74, 6) is -0.592. The Balaban J connectivity index is 1.86. The molecule has 0 fully saturated rings. The van der Waals surface area contributed by atoms with Gasteiger partial charge in [-0.1, -0.05) is 100.0 Å². The molecule has 0 saturated heterocycles. The van der Waals surface area contributed by atoms with Gasteiger partial charge in [-0.05, 0) is 47.6 Å². The third-order valence-electron chi connectivity index (χ3n) is 7.35. The number of methoxy groups -OCH3 is 1. The van der Waals surface area contributed by atoms with Crippen molar-refractivity contribution in [3.05, 3.63) is 102 Å². The Morgan fingerprint density at radius 3 is 1.80 bits per heavy atom. The number of rotatable bonds is 19. The number of nitrogens with one attached hydrogen (secondary N) is 3. The first-order valence-corrected chi connectivity index (χ1v) is 17.2. The van der Waals surface area contributed by atoms with Crippen molar-refractivity contribution in [3.8, 4) is 5.75 Å². The molecule has 2 amide bonds. The molecule has 3 aromatic rings. The molecule has 0 heterocycles. The van der Waals surface area contributed by atoms with E-state index in [0.29, 0.717) is 31.4 Å². The molecule has 10 heteroatoms. The molecule has 0 aliphatic heterocycles. The van der Waals surface area contributed by atoms with E-state index in [-0.39, 0.29) is 30.9 Å². The van der Waals surface area contributed by atoms with E-state index in [9.17, 15) is 14.2 Å². The van der Waals surface area contributed by atoms with Gasteiger partial charge < -0.3 is 24.4 Å². The van der Waals surface area contributed by atoms with E-state index in [4.69, 9.17) is 13.8 Å². The summed E-state index contributed by atoms with van der Waals surface area (Å²) in [6.45, 7) is 6.21. The smallest absolute Gasteiger partial charge is 0.348 e. The largest absolute Gasteiger partial charge is 0.497 e. The minimum Gasteiger partial charge on any atom is -0.497 e. The SMILES string of the molecule is CCC[C@H](N[C@@H](CC(C)C)C(=O)N[C@@H](Cc1ccc(OC)cc1)C(=O)NC)P(=O)(OCc1ccccc1)OCc1ccccc1. The predicted octanol–water partition coefficient (Wildman–Crippen LogP) is 6.23. The van der Waals surface area contributed by atoms with Crippen LogP contribution >= 0.6 is 7.60 Å². The van der Waals surface area contributed by atoms with Crippen LogP contribution in [0.4, 0.5) is 0 Å². The fourth-order valence-corrected chi connectivity index (χ4v) is 6.94. The van der Waals surface area contributed by atoms with Crippen LogP contribution in [0.5, 0.6) is 5.75 Å². The molecule has 244 valence electrons. The first-order valence-electron chi connectivity index (χ1n) is 15.5. The Hall–Kier alpha value is -3.49. The van der Waals surface area contributed by atoms with Crippen molar-refractivity contribution in [2.45, 2.75) is 77.5 Å². The van der Waals surface area contributed by atoms with Crippen molar-refractivity contribution in [1.82, 2.24) is 16.0 Å². The lowest BCUT2D eigenvalue weighted by Gasteiger charge is -2.32. The summed E-state index contributed by atoms with van der Waals surface area (Å²) in [5.41, 5.74) is 2.59. The minimum atomic E-state index is -3.82. The molecule has 0 saturated carbocycles. The first-order chi connectivity index (χ1) is 21.7. The van der Waals surface area contributed by atoms with Gasteiger partial charge in [0.25, 0.3) is 0 Å². The number of hydrogen-bond acceptors (Lipinski definition) is 7. The highest BCUT2D eigenvalue weighted by molar-refractivity contribution is 7.54. The fourth-order valence-electron chi connectivity index (χ4n) is 4.91. The summed E-state index contributed by atoms with van der Waals surface area (Å²) in [5, 5.41) is 8.98. The minimum absolute atomic E-state index is 0.0937. The van der Waals surface area contributed by atoms with Gasteiger partial charge in [-0.25, -0.2) is 0 Å². The molecule has 0 spiro atoms. The molecule has 0 aromatic heterocycles. The standard InChI is InChI=1S/C35H48N3O6P/c1-6-13-33(45(41,43-24-28-14-9-7-10-15-28)44-25-29-16-11-8-12-17-29)37-31(22-26(2)3)35(40)38-32(34(39)36-4)23-27-18-20-30(42-5)21-19-27/h7-12,14-21,26,31-33,37H,6,13,22-25H2,1-5H3,(H,36,39)(H,38,40)/t31-,32-,33+/m0/s1. The number of carbonyl (C=O) groups is 2. The van der Waals surface area contributed by atoms with Gasteiger partial charge in [-0.15, -0.1) is 0 Å². The molecule has 45 heavy (non-hydrogen) atoms. The van der Waals surface area contributed by atoms with E-state index in [0.717, 1.165) is 16.7 Å². The van der Waals surface area contributed by atoms with Gasteiger partial charge in [0.2, 0.25) is 11.8 Å². The normalized spacial score (nSPS) is 13.6. The van der Waals surface area contributed by atoms with Crippen LogP contribution in [0.2, 0.25) is 0 Å². The molecular formula is C35H48N3O6P. The monoisotopic (exact) mass is 637 g/mol. The lowest BCUT2D eigenvalue weighted by molar-refractivity contribution is -0.130. The molecule has 0 unspecified atom stereocenters. The average molecular weight is 638 g/mol. The van der Waals surface area contributed by atoms with Crippen LogP contribution in [0.3, 0.4) is 0 Å². The summed E-state index contributed by atoms with van der Waals surface area (Å²) in [6, 6.07) is 24.8. The molecular weight excluding hydrogens is 589 g/mol.